The molecule has 0 aromatic heterocycles. The van der Waals surface area contributed by atoms with Gasteiger partial charge in [0.25, 0.3) is 0 Å². The van der Waals surface area contributed by atoms with Gasteiger partial charge in [-0.25, -0.2) is 24.0 Å². The molecule has 10 N–H and O–H groups in total. The van der Waals surface area contributed by atoms with Crippen LogP contribution in [0, 0.1) is 0 Å². The zero-order valence-corrected chi connectivity index (χ0v) is 13.1. The molecule has 0 aliphatic heterocycles. The van der Waals surface area contributed by atoms with Crippen LogP contribution in [-0.4, -0.2) is 81.8 Å². The maximum Gasteiger partial charge on any atom is 1.00 e. The van der Waals surface area contributed by atoms with E-state index in [1.54, 1.807) is 0 Å². The van der Waals surface area contributed by atoms with E-state index in [4.69, 9.17) is 75.0 Å². The molecule has 16 heteroatoms. The fraction of sp³-hybridized carbons (Fsp3) is 0. The van der Waals surface area contributed by atoms with E-state index >= 15 is 0 Å². The van der Waals surface area contributed by atoms with Crippen LogP contribution in [0.5, 0.6) is 0 Å². The Morgan fingerprint density at radius 3 is 0.381 bits per heavy atom. The van der Waals surface area contributed by atoms with Crippen molar-refractivity contribution in [1.82, 2.24) is 0 Å². The molecular formula is C5H11KO15. The van der Waals surface area contributed by atoms with Gasteiger partial charge in [-0.3, -0.25) is 0 Å². The minimum absolute atomic E-state index is 0. The molecule has 0 aromatic rings. The summed E-state index contributed by atoms with van der Waals surface area (Å²) in [6.45, 7) is 0. The summed E-state index contributed by atoms with van der Waals surface area (Å²) in [6, 6.07) is 0. The van der Waals surface area contributed by atoms with Crippen molar-refractivity contribution in [2.24, 2.45) is 0 Å². The first-order chi connectivity index (χ1) is 8.66. The third-order valence-electron chi connectivity index (χ3n) is 0. The van der Waals surface area contributed by atoms with Crippen LogP contribution in [0.3, 0.4) is 0 Å². The average Bonchev–Trinajstić information content (AvgIpc) is 1.94. The Hall–Kier alpha value is -2.01. The summed E-state index contributed by atoms with van der Waals surface area (Å²) in [6.07, 6.45) is -9.17. The largest absolute Gasteiger partial charge is 1.00 e. The van der Waals surface area contributed by atoms with Crippen LogP contribution in [0.4, 0.5) is 24.0 Å². The van der Waals surface area contributed by atoms with Gasteiger partial charge in [-0.15, -0.1) is 0 Å². The summed E-state index contributed by atoms with van der Waals surface area (Å²) in [7, 11) is 0. The van der Waals surface area contributed by atoms with Gasteiger partial charge in [0.2, 0.25) is 0 Å². The van der Waals surface area contributed by atoms with Crippen LogP contribution in [0.25, 0.3) is 0 Å². The predicted molar refractivity (Wildman–Crippen MR) is 54.4 cm³/mol. The third kappa shape index (κ3) is 1130. The van der Waals surface area contributed by atoms with Crippen LogP contribution in [0.1, 0.15) is 1.43 Å². The molecule has 0 aliphatic rings. The van der Waals surface area contributed by atoms with E-state index < -0.39 is 30.8 Å². The summed E-state index contributed by atoms with van der Waals surface area (Å²) >= 11 is 0. The molecule has 15 nitrogen and oxygen atoms in total. The van der Waals surface area contributed by atoms with Crippen molar-refractivity contribution in [3.63, 3.8) is 0 Å². The molecule has 0 aromatic carbocycles. The van der Waals surface area contributed by atoms with E-state index in [2.05, 4.69) is 0 Å². The number of carboxylic acid groups (broad SMARTS) is 10. The summed E-state index contributed by atoms with van der Waals surface area (Å²) in [5, 5.41) is 69.7. The van der Waals surface area contributed by atoms with Gasteiger partial charge in [-0.05, 0) is 0 Å². The van der Waals surface area contributed by atoms with E-state index in [0.717, 1.165) is 0 Å². The number of hydrogen-bond acceptors (Lipinski definition) is 5. The predicted octanol–water partition coefficient (Wildman–Crippen LogP) is -1.77. The number of rotatable bonds is 0. The minimum Gasteiger partial charge on any atom is -1.00 e. The molecule has 0 saturated carbocycles. The summed E-state index contributed by atoms with van der Waals surface area (Å²) in [5.41, 5.74) is 0. The Bertz CT molecular complexity index is 213. The molecule has 21 heavy (non-hydrogen) atoms. The summed E-state index contributed by atoms with van der Waals surface area (Å²) in [4.78, 5) is 42.8. The SMILES string of the molecule is O=C(O)O.O=C(O)O.O=C(O)O.O=C(O)O.O=C(O)O.[H-].[K+]. The molecule has 0 rings (SSSR count). The smallest absolute Gasteiger partial charge is 1.00 e. The van der Waals surface area contributed by atoms with E-state index in [9.17, 15) is 0 Å². The van der Waals surface area contributed by atoms with Gasteiger partial charge in [0.1, 0.15) is 0 Å². The van der Waals surface area contributed by atoms with Gasteiger partial charge in [0, 0.05) is 0 Å². The van der Waals surface area contributed by atoms with Gasteiger partial charge in [-0.1, -0.05) is 0 Å². The van der Waals surface area contributed by atoms with Crippen molar-refractivity contribution in [3.05, 3.63) is 0 Å². The first kappa shape index (κ1) is 36.4. The second-order valence-corrected chi connectivity index (χ2v) is 1.41. The van der Waals surface area contributed by atoms with E-state index in [1.165, 1.54) is 0 Å². The quantitative estimate of drug-likeness (QED) is 0.216. The molecule has 0 unspecified atom stereocenters. The molecule has 0 atom stereocenters. The Morgan fingerprint density at radius 2 is 0.381 bits per heavy atom. The molecular weight excluding hydrogens is 339 g/mol. The maximum atomic E-state index is 8.56. The fourth-order valence-electron chi connectivity index (χ4n) is 0. The van der Waals surface area contributed by atoms with Crippen molar-refractivity contribution < 1.29 is 128 Å². The van der Waals surface area contributed by atoms with Crippen molar-refractivity contribution >= 4 is 30.8 Å². The van der Waals surface area contributed by atoms with Gasteiger partial charge >= 0.3 is 82.2 Å². The summed E-state index contributed by atoms with van der Waals surface area (Å²) in [5.74, 6) is 0. The third-order valence-corrected chi connectivity index (χ3v) is 0. The maximum absolute atomic E-state index is 8.56. The van der Waals surface area contributed by atoms with E-state index in [0.29, 0.717) is 0 Å². The van der Waals surface area contributed by atoms with Crippen LogP contribution < -0.4 is 51.4 Å². The molecule has 0 bridgehead atoms. The van der Waals surface area contributed by atoms with Crippen molar-refractivity contribution in [1.29, 1.82) is 0 Å². The van der Waals surface area contributed by atoms with Crippen LogP contribution in [0.2, 0.25) is 0 Å². The van der Waals surface area contributed by atoms with Crippen molar-refractivity contribution in [2.75, 3.05) is 0 Å². The Labute approximate surface area is 157 Å². The number of carbonyl (C=O) groups is 5. The zero-order chi connectivity index (χ0) is 17.9. The van der Waals surface area contributed by atoms with Gasteiger partial charge in [0.05, 0.1) is 0 Å². The molecule has 0 radical (unpaired) electrons. The molecule has 0 fully saturated rings. The fourth-order valence-corrected chi connectivity index (χ4v) is 0. The Kier molecular flexibility index (Phi) is 53.4. The monoisotopic (exact) mass is 350 g/mol. The van der Waals surface area contributed by atoms with Crippen LogP contribution >= 0.6 is 0 Å². The average molecular weight is 350 g/mol. The number of hydrogen-bond donors (Lipinski definition) is 10. The Balaban J connectivity index is -0.0000000250. The summed E-state index contributed by atoms with van der Waals surface area (Å²) < 4.78 is 0. The second-order valence-electron chi connectivity index (χ2n) is 1.41. The molecule has 0 saturated heterocycles. The minimum atomic E-state index is -1.83. The normalized spacial score (nSPS) is 5.71. The van der Waals surface area contributed by atoms with Gasteiger partial charge in [-0.2, -0.15) is 0 Å². The molecule has 0 heterocycles. The molecule has 0 amide bonds. The molecule has 0 aliphatic carbocycles. The van der Waals surface area contributed by atoms with E-state index in [-0.39, 0.29) is 52.8 Å². The van der Waals surface area contributed by atoms with Crippen LogP contribution in [0.15, 0.2) is 0 Å². The zero-order valence-electron chi connectivity index (χ0n) is 11.0. The first-order valence-corrected chi connectivity index (χ1v) is 3.26. The van der Waals surface area contributed by atoms with Gasteiger partial charge in [0.15, 0.2) is 0 Å². The standard InChI is InChI=1S/5CH2O3.K.H/c5*2-1(3)4;;/h5*(H2,2,3,4);;/q;;;;;+1;-1. The molecule has 0 spiro atoms. The van der Waals surface area contributed by atoms with Gasteiger partial charge < -0.3 is 52.5 Å². The topological polar surface area (TPSA) is 288 Å². The first-order valence-electron chi connectivity index (χ1n) is 3.26. The molecule has 122 valence electrons. The van der Waals surface area contributed by atoms with Crippen molar-refractivity contribution in [3.8, 4) is 0 Å². The van der Waals surface area contributed by atoms with Crippen LogP contribution in [-0.2, 0) is 0 Å². The second kappa shape index (κ2) is 30.8. The Morgan fingerprint density at radius 1 is 0.381 bits per heavy atom. The van der Waals surface area contributed by atoms with E-state index in [1.807, 2.05) is 0 Å². The van der Waals surface area contributed by atoms with Crippen molar-refractivity contribution in [2.45, 2.75) is 0 Å².